The largest absolute Gasteiger partial charge is 0.493 e. The van der Waals surface area contributed by atoms with Gasteiger partial charge in [0.25, 0.3) is 0 Å². The van der Waals surface area contributed by atoms with Crippen LogP contribution in [0.4, 0.5) is 0 Å². The van der Waals surface area contributed by atoms with Crippen molar-refractivity contribution in [3.8, 4) is 11.5 Å². The van der Waals surface area contributed by atoms with Gasteiger partial charge in [-0.3, -0.25) is 4.79 Å². The Morgan fingerprint density at radius 3 is 2.60 bits per heavy atom. The molecule has 0 spiro atoms. The van der Waals surface area contributed by atoms with Gasteiger partial charge in [-0.15, -0.1) is 0 Å². The van der Waals surface area contributed by atoms with E-state index in [1.807, 2.05) is 13.0 Å². The van der Waals surface area contributed by atoms with Crippen LogP contribution in [0.2, 0.25) is 5.02 Å². The number of carbonyl (C=O) groups excluding carboxylic acids is 1. The van der Waals surface area contributed by atoms with Crippen LogP contribution >= 0.6 is 11.6 Å². The molecule has 1 unspecified atom stereocenters. The number of hydrogen-bond donors (Lipinski definition) is 2. The summed E-state index contributed by atoms with van der Waals surface area (Å²) in [6, 6.07) is 3.35. The van der Waals surface area contributed by atoms with E-state index in [1.165, 1.54) is 7.11 Å². The number of hydrogen-bond acceptors (Lipinski definition) is 4. The predicted molar refractivity (Wildman–Crippen MR) is 79.5 cm³/mol. The van der Waals surface area contributed by atoms with Gasteiger partial charge in [-0.25, -0.2) is 0 Å². The van der Waals surface area contributed by atoms with Crippen LogP contribution < -0.4 is 20.1 Å². The molecule has 1 aromatic rings. The average molecular weight is 301 g/mol. The quantitative estimate of drug-likeness (QED) is 0.808. The van der Waals surface area contributed by atoms with Crippen molar-refractivity contribution >= 4 is 17.5 Å². The van der Waals surface area contributed by atoms with Gasteiger partial charge in [0, 0.05) is 13.1 Å². The Morgan fingerprint density at radius 2 is 2.05 bits per heavy atom. The summed E-state index contributed by atoms with van der Waals surface area (Å²) in [5.74, 6) is 1.04. The van der Waals surface area contributed by atoms with Gasteiger partial charge in [0.15, 0.2) is 11.5 Å². The van der Waals surface area contributed by atoms with Crippen molar-refractivity contribution in [3.63, 3.8) is 0 Å². The fraction of sp³-hybridized carbons (Fsp3) is 0.500. The number of halogens is 1. The number of rotatable bonds is 7. The smallest absolute Gasteiger partial charge is 0.236 e. The fourth-order valence-corrected chi connectivity index (χ4v) is 2.05. The second-order valence-corrected chi connectivity index (χ2v) is 4.65. The minimum atomic E-state index is -0.292. The summed E-state index contributed by atoms with van der Waals surface area (Å²) in [7, 11) is 3.10. The van der Waals surface area contributed by atoms with E-state index in [9.17, 15) is 4.79 Å². The highest BCUT2D eigenvalue weighted by Crippen LogP contribution is 2.37. The van der Waals surface area contributed by atoms with E-state index in [1.54, 1.807) is 20.1 Å². The third-order valence-corrected chi connectivity index (χ3v) is 3.32. The zero-order valence-corrected chi connectivity index (χ0v) is 13.0. The lowest BCUT2D eigenvalue weighted by Crippen LogP contribution is -2.41. The molecule has 0 aromatic heterocycles. The molecule has 5 nitrogen and oxygen atoms in total. The Balaban J connectivity index is 2.76. The fourth-order valence-electron chi connectivity index (χ4n) is 1.75. The number of carbonyl (C=O) groups is 1. The van der Waals surface area contributed by atoms with E-state index in [-0.39, 0.29) is 11.9 Å². The second kappa shape index (κ2) is 7.97. The monoisotopic (exact) mass is 300 g/mol. The highest BCUT2D eigenvalue weighted by molar-refractivity contribution is 6.33. The van der Waals surface area contributed by atoms with Crippen molar-refractivity contribution in [2.75, 3.05) is 20.8 Å². The first kappa shape index (κ1) is 16.6. The molecule has 0 aliphatic rings. The molecule has 112 valence electrons. The molecule has 0 saturated carbocycles. The van der Waals surface area contributed by atoms with Crippen LogP contribution in [-0.4, -0.2) is 32.7 Å². The predicted octanol–water partition coefficient (Wildman–Crippen LogP) is 1.97. The highest BCUT2D eigenvalue weighted by Gasteiger charge is 2.15. The summed E-state index contributed by atoms with van der Waals surface area (Å²) in [4.78, 5) is 11.6. The minimum absolute atomic E-state index is 0.0379. The lowest BCUT2D eigenvalue weighted by Gasteiger charge is -2.16. The molecule has 0 radical (unpaired) electrons. The third-order valence-electron chi connectivity index (χ3n) is 2.91. The maximum Gasteiger partial charge on any atom is 0.236 e. The summed E-state index contributed by atoms with van der Waals surface area (Å²) in [6.45, 7) is 4.77. The first-order valence-electron chi connectivity index (χ1n) is 6.45. The molecular weight excluding hydrogens is 280 g/mol. The van der Waals surface area contributed by atoms with Gasteiger partial charge < -0.3 is 20.1 Å². The first-order chi connectivity index (χ1) is 9.54. The number of ether oxygens (including phenoxy) is 2. The SMILES string of the molecule is CCNC(=O)C(C)NCc1ccc(OC)c(OC)c1Cl. The molecule has 0 fully saturated rings. The van der Waals surface area contributed by atoms with Crippen LogP contribution in [0.15, 0.2) is 12.1 Å². The summed E-state index contributed by atoms with van der Waals surface area (Å²) in [5.41, 5.74) is 0.848. The number of methoxy groups -OCH3 is 2. The third kappa shape index (κ3) is 4.02. The van der Waals surface area contributed by atoms with Gasteiger partial charge in [-0.1, -0.05) is 17.7 Å². The second-order valence-electron chi connectivity index (χ2n) is 4.27. The molecule has 1 aromatic carbocycles. The average Bonchev–Trinajstić information content (AvgIpc) is 2.45. The van der Waals surface area contributed by atoms with Gasteiger partial charge in [-0.05, 0) is 25.5 Å². The molecule has 2 N–H and O–H groups in total. The Labute approximate surface area is 124 Å². The van der Waals surface area contributed by atoms with Crippen molar-refractivity contribution in [2.24, 2.45) is 0 Å². The van der Waals surface area contributed by atoms with E-state index in [0.717, 1.165) is 5.56 Å². The van der Waals surface area contributed by atoms with E-state index in [2.05, 4.69) is 10.6 Å². The number of likely N-dealkylation sites (N-methyl/N-ethyl adjacent to an activating group) is 1. The normalized spacial score (nSPS) is 11.8. The molecule has 1 atom stereocenters. The summed E-state index contributed by atoms with van der Waals surface area (Å²) in [5, 5.41) is 6.37. The van der Waals surface area contributed by atoms with E-state index in [0.29, 0.717) is 29.6 Å². The number of nitrogens with one attached hydrogen (secondary N) is 2. The molecule has 0 heterocycles. The van der Waals surface area contributed by atoms with Crippen molar-refractivity contribution < 1.29 is 14.3 Å². The van der Waals surface area contributed by atoms with E-state index >= 15 is 0 Å². The zero-order chi connectivity index (χ0) is 15.1. The Kier molecular flexibility index (Phi) is 6.61. The first-order valence-corrected chi connectivity index (χ1v) is 6.83. The maximum absolute atomic E-state index is 11.6. The molecule has 20 heavy (non-hydrogen) atoms. The van der Waals surface area contributed by atoms with Crippen LogP contribution in [0, 0.1) is 0 Å². The van der Waals surface area contributed by atoms with Gasteiger partial charge >= 0.3 is 0 Å². The standard InChI is InChI=1S/C14H21ClN2O3/c1-5-16-14(18)9(2)17-8-10-6-7-11(19-3)13(20-4)12(10)15/h6-7,9,17H,5,8H2,1-4H3,(H,16,18). The Bertz CT molecular complexity index is 466. The highest BCUT2D eigenvalue weighted by atomic mass is 35.5. The van der Waals surface area contributed by atoms with Crippen LogP contribution in [0.3, 0.4) is 0 Å². The summed E-state index contributed by atoms with van der Waals surface area (Å²) in [6.07, 6.45) is 0. The van der Waals surface area contributed by atoms with Gasteiger partial charge in [0.1, 0.15) is 0 Å². The summed E-state index contributed by atoms with van der Waals surface area (Å²) >= 11 is 6.27. The minimum Gasteiger partial charge on any atom is -0.493 e. The zero-order valence-electron chi connectivity index (χ0n) is 12.2. The molecular formula is C14H21ClN2O3. The molecule has 1 amide bonds. The summed E-state index contributed by atoms with van der Waals surface area (Å²) < 4.78 is 10.4. The molecule has 0 aliphatic carbocycles. The van der Waals surface area contributed by atoms with Crippen LogP contribution in [-0.2, 0) is 11.3 Å². The Morgan fingerprint density at radius 1 is 1.35 bits per heavy atom. The van der Waals surface area contributed by atoms with Gasteiger partial charge in [-0.2, -0.15) is 0 Å². The van der Waals surface area contributed by atoms with Crippen molar-refractivity contribution in [1.29, 1.82) is 0 Å². The van der Waals surface area contributed by atoms with Crippen LogP contribution in [0.25, 0.3) is 0 Å². The molecule has 1 rings (SSSR count). The van der Waals surface area contributed by atoms with E-state index in [4.69, 9.17) is 21.1 Å². The van der Waals surface area contributed by atoms with Gasteiger partial charge in [0.2, 0.25) is 5.91 Å². The topological polar surface area (TPSA) is 59.6 Å². The lowest BCUT2D eigenvalue weighted by atomic mass is 10.2. The Hall–Kier alpha value is -1.46. The van der Waals surface area contributed by atoms with E-state index < -0.39 is 0 Å². The van der Waals surface area contributed by atoms with Crippen molar-refractivity contribution in [3.05, 3.63) is 22.7 Å². The molecule has 0 bridgehead atoms. The van der Waals surface area contributed by atoms with Crippen molar-refractivity contribution in [2.45, 2.75) is 26.4 Å². The van der Waals surface area contributed by atoms with Crippen LogP contribution in [0.5, 0.6) is 11.5 Å². The lowest BCUT2D eigenvalue weighted by molar-refractivity contribution is -0.122. The van der Waals surface area contributed by atoms with Crippen molar-refractivity contribution in [1.82, 2.24) is 10.6 Å². The van der Waals surface area contributed by atoms with Gasteiger partial charge in [0.05, 0.1) is 25.3 Å². The number of benzene rings is 1. The molecule has 0 saturated heterocycles. The molecule has 0 aliphatic heterocycles. The number of amides is 1. The maximum atomic E-state index is 11.6. The van der Waals surface area contributed by atoms with Crippen LogP contribution in [0.1, 0.15) is 19.4 Å². The molecule has 6 heteroatoms.